The average molecular weight is 267 g/mol. The van der Waals surface area contributed by atoms with Crippen LogP contribution in [0.4, 0.5) is 0 Å². The number of rotatable bonds is 7. The highest BCUT2D eigenvalue weighted by Gasteiger charge is 2.22. The van der Waals surface area contributed by atoms with Crippen molar-refractivity contribution in [2.45, 2.75) is 52.6 Å². The van der Waals surface area contributed by atoms with Gasteiger partial charge in [0.05, 0.1) is 18.5 Å². The van der Waals surface area contributed by atoms with Crippen molar-refractivity contribution >= 4 is 5.97 Å². The number of carbonyl (C=O) groups is 1. The minimum absolute atomic E-state index is 0.0796. The molecular formula is C14H25N3O2. The minimum atomic E-state index is -0.304. The molecule has 1 heterocycles. The second-order valence-corrected chi connectivity index (χ2v) is 4.97. The maximum atomic E-state index is 11.8. The summed E-state index contributed by atoms with van der Waals surface area (Å²) in [5.41, 5.74) is 1.49. The molecule has 0 saturated carbocycles. The predicted octanol–water partition coefficient (Wildman–Crippen LogP) is 2.27. The third kappa shape index (κ3) is 3.80. The second kappa shape index (κ2) is 6.70. The maximum absolute atomic E-state index is 11.8. The van der Waals surface area contributed by atoms with Crippen LogP contribution in [0.25, 0.3) is 0 Å². The van der Waals surface area contributed by atoms with Gasteiger partial charge in [0.2, 0.25) is 0 Å². The molecule has 0 aliphatic rings. The van der Waals surface area contributed by atoms with Gasteiger partial charge in [0.25, 0.3) is 0 Å². The van der Waals surface area contributed by atoms with Crippen molar-refractivity contribution in [1.29, 1.82) is 0 Å². The highest BCUT2D eigenvalue weighted by molar-refractivity contribution is 5.90. The summed E-state index contributed by atoms with van der Waals surface area (Å²) >= 11 is 0. The Kier molecular flexibility index (Phi) is 5.54. The molecule has 1 rings (SSSR count). The molecule has 0 unspecified atom stereocenters. The zero-order valence-corrected chi connectivity index (χ0v) is 12.6. The molecular weight excluding hydrogens is 242 g/mol. The summed E-state index contributed by atoms with van der Waals surface area (Å²) < 4.78 is 6.77. The van der Waals surface area contributed by atoms with Crippen LogP contribution < -0.4 is 5.32 Å². The summed E-state index contributed by atoms with van der Waals surface area (Å²) in [6.45, 7) is 9.30. The van der Waals surface area contributed by atoms with Crippen LogP contribution >= 0.6 is 0 Å². The highest BCUT2D eigenvalue weighted by atomic mass is 16.5. The lowest BCUT2D eigenvalue weighted by atomic mass is 9.95. The third-order valence-electron chi connectivity index (χ3n) is 3.80. The standard InChI is InChI=1S/C14H25N3O2/c1-6-14(4,7-2)15-10-12-11(9-16-17(12)5)13(18)19-8-3/h9,15H,6-8,10H2,1-5H3. The van der Waals surface area contributed by atoms with Gasteiger partial charge in [-0.05, 0) is 26.7 Å². The van der Waals surface area contributed by atoms with Crippen molar-refractivity contribution < 1.29 is 9.53 Å². The molecule has 0 bridgehead atoms. The fourth-order valence-electron chi connectivity index (χ4n) is 1.85. The zero-order chi connectivity index (χ0) is 14.5. The molecule has 0 aliphatic heterocycles. The smallest absolute Gasteiger partial charge is 0.341 e. The van der Waals surface area contributed by atoms with Crippen LogP contribution in [0.5, 0.6) is 0 Å². The normalized spacial score (nSPS) is 11.6. The molecule has 5 nitrogen and oxygen atoms in total. The first-order valence-corrected chi connectivity index (χ1v) is 6.90. The van der Waals surface area contributed by atoms with E-state index in [0.29, 0.717) is 18.7 Å². The van der Waals surface area contributed by atoms with Crippen molar-refractivity contribution in [3.63, 3.8) is 0 Å². The molecule has 5 heteroatoms. The molecule has 1 N–H and O–H groups in total. The highest BCUT2D eigenvalue weighted by Crippen LogP contribution is 2.16. The van der Waals surface area contributed by atoms with Crippen molar-refractivity contribution in [1.82, 2.24) is 15.1 Å². The van der Waals surface area contributed by atoms with Gasteiger partial charge in [-0.3, -0.25) is 4.68 Å². The van der Waals surface area contributed by atoms with E-state index in [4.69, 9.17) is 4.74 Å². The summed E-state index contributed by atoms with van der Waals surface area (Å²) in [6, 6.07) is 0. The zero-order valence-electron chi connectivity index (χ0n) is 12.6. The van der Waals surface area contributed by atoms with E-state index in [1.807, 2.05) is 7.05 Å². The SMILES string of the molecule is CCOC(=O)c1cnn(C)c1CNC(C)(CC)CC. The lowest BCUT2D eigenvalue weighted by molar-refractivity contribution is 0.0524. The molecule has 0 radical (unpaired) electrons. The largest absolute Gasteiger partial charge is 0.462 e. The van der Waals surface area contributed by atoms with Gasteiger partial charge in [0, 0.05) is 19.1 Å². The molecule has 0 spiro atoms. The molecule has 1 aromatic heterocycles. The summed E-state index contributed by atoms with van der Waals surface area (Å²) in [7, 11) is 1.84. The maximum Gasteiger partial charge on any atom is 0.341 e. The number of aryl methyl sites for hydroxylation is 1. The minimum Gasteiger partial charge on any atom is -0.462 e. The van der Waals surface area contributed by atoms with E-state index in [9.17, 15) is 4.79 Å². The van der Waals surface area contributed by atoms with Crippen LogP contribution in [0.15, 0.2) is 6.20 Å². The van der Waals surface area contributed by atoms with Crippen molar-refractivity contribution in [3.05, 3.63) is 17.5 Å². The van der Waals surface area contributed by atoms with Gasteiger partial charge in [-0.2, -0.15) is 5.10 Å². The fraction of sp³-hybridized carbons (Fsp3) is 0.714. The van der Waals surface area contributed by atoms with Crippen LogP contribution in [0.3, 0.4) is 0 Å². The molecule has 19 heavy (non-hydrogen) atoms. The first kappa shape index (κ1) is 15.7. The molecule has 0 amide bonds. The molecule has 0 saturated heterocycles. The van der Waals surface area contributed by atoms with Crippen LogP contribution in [-0.2, 0) is 18.3 Å². The Morgan fingerprint density at radius 1 is 1.42 bits per heavy atom. The molecule has 0 atom stereocenters. The Balaban J connectivity index is 2.83. The predicted molar refractivity (Wildman–Crippen MR) is 75.0 cm³/mol. The monoisotopic (exact) mass is 267 g/mol. The first-order valence-electron chi connectivity index (χ1n) is 6.90. The summed E-state index contributed by atoms with van der Waals surface area (Å²) in [4.78, 5) is 11.8. The number of nitrogens with zero attached hydrogens (tertiary/aromatic N) is 2. The second-order valence-electron chi connectivity index (χ2n) is 4.97. The molecule has 0 fully saturated rings. The van der Waals surface area contributed by atoms with Crippen LogP contribution in [0.1, 0.15) is 56.6 Å². The van der Waals surface area contributed by atoms with Gasteiger partial charge in [0.15, 0.2) is 0 Å². The third-order valence-corrected chi connectivity index (χ3v) is 3.80. The Morgan fingerprint density at radius 3 is 2.58 bits per heavy atom. The van der Waals surface area contributed by atoms with Crippen molar-refractivity contribution in [2.75, 3.05) is 6.61 Å². The number of carbonyl (C=O) groups excluding carboxylic acids is 1. The van der Waals surface area contributed by atoms with Crippen LogP contribution in [0, 0.1) is 0 Å². The topological polar surface area (TPSA) is 56.1 Å². The van der Waals surface area contributed by atoms with Gasteiger partial charge >= 0.3 is 5.97 Å². The van der Waals surface area contributed by atoms with Gasteiger partial charge in [0.1, 0.15) is 5.56 Å². The van der Waals surface area contributed by atoms with E-state index in [1.54, 1.807) is 17.8 Å². The Labute approximate surface area is 115 Å². The van der Waals surface area contributed by atoms with Crippen molar-refractivity contribution in [2.24, 2.45) is 7.05 Å². The fourth-order valence-corrected chi connectivity index (χ4v) is 1.85. The molecule has 0 aliphatic carbocycles. The summed E-state index contributed by atoms with van der Waals surface area (Å²) in [6.07, 6.45) is 3.65. The van der Waals surface area contributed by atoms with Gasteiger partial charge in [-0.1, -0.05) is 13.8 Å². The van der Waals surface area contributed by atoms with E-state index in [1.165, 1.54) is 0 Å². The van der Waals surface area contributed by atoms with E-state index in [-0.39, 0.29) is 11.5 Å². The van der Waals surface area contributed by atoms with Crippen molar-refractivity contribution in [3.8, 4) is 0 Å². The van der Waals surface area contributed by atoms with Gasteiger partial charge < -0.3 is 10.1 Å². The number of nitrogens with one attached hydrogen (secondary N) is 1. The molecule has 108 valence electrons. The Morgan fingerprint density at radius 2 is 2.05 bits per heavy atom. The quantitative estimate of drug-likeness (QED) is 0.770. The van der Waals surface area contributed by atoms with E-state index in [2.05, 4.69) is 31.2 Å². The number of esters is 1. The van der Waals surface area contributed by atoms with Gasteiger partial charge in [-0.25, -0.2) is 4.79 Å². The lowest BCUT2D eigenvalue weighted by Gasteiger charge is -2.28. The Bertz CT molecular complexity index is 422. The summed E-state index contributed by atoms with van der Waals surface area (Å²) in [5.74, 6) is -0.304. The molecule has 0 aromatic carbocycles. The van der Waals surface area contributed by atoms with E-state index >= 15 is 0 Å². The van der Waals surface area contributed by atoms with Crippen LogP contribution in [-0.4, -0.2) is 27.9 Å². The number of hydrogen-bond acceptors (Lipinski definition) is 4. The first-order chi connectivity index (χ1) is 8.97. The Hall–Kier alpha value is -1.36. The number of hydrogen-bond donors (Lipinski definition) is 1. The number of ether oxygens (including phenoxy) is 1. The lowest BCUT2D eigenvalue weighted by Crippen LogP contribution is -2.41. The van der Waals surface area contributed by atoms with E-state index < -0.39 is 0 Å². The molecule has 1 aromatic rings. The number of aromatic nitrogens is 2. The van der Waals surface area contributed by atoms with Gasteiger partial charge in [-0.15, -0.1) is 0 Å². The van der Waals surface area contributed by atoms with Crippen LogP contribution in [0.2, 0.25) is 0 Å². The summed E-state index contributed by atoms with van der Waals surface area (Å²) in [5, 5.41) is 7.66. The average Bonchev–Trinajstić information content (AvgIpc) is 2.78. The van der Waals surface area contributed by atoms with E-state index in [0.717, 1.165) is 18.5 Å².